The van der Waals surface area contributed by atoms with Crippen LogP contribution < -0.4 is 5.32 Å². The predicted molar refractivity (Wildman–Crippen MR) is 185 cm³/mol. The molecular weight excluding hydrogens is 534 g/mol. The van der Waals surface area contributed by atoms with Gasteiger partial charge in [-0.1, -0.05) is 80.4 Å². The molecule has 0 aliphatic carbocycles. The fraction of sp³-hybridized carbons (Fsp3) is 0.711. The number of nitrogens with one attached hydrogen (secondary N) is 1. The van der Waals surface area contributed by atoms with Gasteiger partial charge in [0.2, 0.25) is 5.91 Å². The molecule has 43 heavy (non-hydrogen) atoms. The van der Waals surface area contributed by atoms with Crippen LogP contribution in [0.2, 0.25) is 0 Å². The van der Waals surface area contributed by atoms with Crippen molar-refractivity contribution in [1.82, 2.24) is 5.32 Å². The number of hydrogen-bond donors (Lipinski definition) is 4. The smallest absolute Gasteiger partial charge is 0.220 e. The predicted octanol–water partition coefficient (Wildman–Crippen LogP) is 9.20. The van der Waals surface area contributed by atoms with Crippen molar-refractivity contribution in [2.24, 2.45) is 0 Å². The lowest BCUT2D eigenvalue weighted by Gasteiger charge is -2.09. The molecule has 0 aliphatic rings. The number of carbonyl (C=O) groups excluding carboxylic acids is 1. The summed E-state index contributed by atoms with van der Waals surface area (Å²) in [7, 11) is 0. The molecule has 2 atom stereocenters. The topological polar surface area (TPSA) is 89.8 Å². The SMILES string of the molecule is C=CCCCCCCCC=CCCC=CCCCCC=CCCCCC(O)CC=CCCC(O)CCCC(=O)NCCO. The Hall–Kier alpha value is -1.95. The first-order valence-electron chi connectivity index (χ1n) is 17.5. The molecule has 5 nitrogen and oxygen atoms in total. The quantitative estimate of drug-likeness (QED) is 0.0457. The minimum absolute atomic E-state index is 0.0529. The lowest BCUT2D eigenvalue weighted by Crippen LogP contribution is -2.26. The van der Waals surface area contributed by atoms with Crippen LogP contribution in [0.15, 0.2) is 61.3 Å². The van der Waals surface area contributed by atoms with Gasteiger partial charge in [0.05, 0.1) is 18.8 Å². The maximum absolute atomic E-state index is 11.5. The fourth-order valence-electron chi connectivity index (χ4n) is 4.85. The number of rotatable bonds is 32. The van der Waals surface area contributed by atoms with E-state index in [9.17, 15) is 15.0 Å². The van der Waals surface area contributed by atoms with Crippen molar-refractivity contribution in [2.45, 2.75) is 160 Å². The standard InChI is InChI=1S/C38H67NO4/c1-2-3-4-5-6-7-8-9-10-11-12-13-14-15-16-17-18-19-20-21-22-23-25-29-36(41)30-26-24-27-31-37(42)32-28-33-38(43)39-34-35-40/h2,10-11,14-15,20-21,24,26,36-37,40-42H,1,3-9,12-13,16-19,22-23,25,27-35H2,(H,39,43). The molecule has 5 heteroatoms. The van der Waals surface area contributed by atoms with E-state index in [-0.39, 0.29) is 25.2 Å². The maximum atomic E-state index is 11.5. The van der Waals surface area contributed by atoms with Gasteiger partial charge >= 0.3 is 0 Å². The normalized spacial score (nSPS) is 13.6. The average molecular weight is 602 g/mol. The summed E-state index contributed by atoms with van der Waals surface area (Å²) in [6.45, 7) is 4.00. The second kappa shape index (κ2) is 34.5. The second-order valence-corrected chi connectivity index (χ2v) is 11.8. The van der Waals surface area contributed by atoms with E-state index in [0.717, 1.165) is 57.8 Å². The number of unbranched alkanes of at least 4 members (excludes halogenated alkanes) is 12. The lowest BCUT2D eigenvalue weighted by molar-refractivity contribution is -0.121. The maximum Gasteiger partial charge on any atom is 0.220 e. The first-order chi connectivity index (χ1) is 21.1. The van der Waals surface area contributed by atoms with Crippen LogP contribution in [-0.4, -0.2) is 46.6 Å². The van der Waals surface area contributed by atoms with Crippen LogP contribution in [0.25, 0.3) is 0 Å². The molecule has 0 spiro atoms. The minimum atomic E-state index is -0.407. The Bertz CT molecular complexity index is 727. The van der Waals surface area contributed by atoms with Crippen LogP contribution >= 0.6 is 0 Å². The molecule has 0 aromatic rings. The first-order valence-corrected chi connectivity index (χ1v) is 17.5. The molecule has 0 aromatic carbocycles. The van der Waals surface area contributed by atoms with Gasteiger partial charge in [-0.25, -0.2) is 0 Å². The number of carbonyl (C=O) groups is 1. The van der Waals surface area contributed by atoms with Gasteiger partial charge in [0.1, 0.15) is 0 Å². The average Bonchev–Trinajstić information content (AvgIpc) is 3.00. The highest BCUT2D eigenvalue weighted by Crippen LogP contribution is 2.11. The lowest BCUT2D eigenvalue weighted by atomic mass is 10.1. The fourth-order valence-corrected chi connectivity index (χ4v) is 4.85. The molecule has 0 radical (unpaired) electrons. The molecule has 0 saturated heterocycles. The van der Waals surface area contributed by atoms with Gasteiger partial charge in [-0.05, 0) is 116 Å². The molecular formula is C38H67NO4. The van der Waals surface area contributed by atoms with Crippen LogP contribution in [-0.2, 0) is 4.79 Å². The van der Waals surface area contributed by atoms with Crippen LogP contribution in [0.4, 0.5) is 0 Å². The van der Waals surface area contributed by atoms with Crippen LogP contribution in [0.3, 0.4) is 0 Å². The van der Waals surface area contributed by atoms with Crippen LogP contribution in [0, 0.1) is 0 Å². The largest absolute Gasteiger partial charge is 0.395 e. The number of allylic oxidation sites excluding steroid dienone is 8. The molecule has 0 fully saturated rings. The molecule has 0 saturated carbocycles. The van der Waals surface area contributed by atoms with Gasteiger partial charge in [-0.15, -0.1) is 6.58 Å². The highest BCUT2D eigenvalue weighted by Gasteiger charge is 2.06. The van der Waals surface area contributed by atoms with E-state index in [1.165, 1.54) is 57.8 Å². The van der Waals surface area contributed by atoms with E-state index in [0.29, 0.717) is 32.1 Å². The second-order valence-electron chi connectivity index (χ2n) is 11.8. The summed E-state index contributed by atoms with van der Waals surface area (Å²) in [5.74, 6) is -0.0815. The number of hydrogen-bond acceptors (Lipinski definition) is 4. The van der Waals surface area contributed by atoms with Crippen molar-refractivity contribution in [2.75, 3.05) is 13.2 Å². The van der Waals surface area contributed by atoms with Crippen molar-refractivity contribution in [3.05, 3.63) is 61.3 Å². The summed E-state index contributed by atoms with van der Waals surface area (Å²) in [5.41, 5.74) is 0. The Kier molecular flexibility index (Phi) is 33.0. The molecule has 1 amide bonds. The Labute approximate surface area is 265 Å². The van der Waals surface area contributed by atoms with Gasteiger partial charge in [0, 0.05) is 13.0 Å². The monoisotopic (exact) mass is 602 g/mol. The third-order valence-electron chi connectivity index (χ3n) is 7.55. The molecule has 2 unspecified atom stereocenters. The molecule has 0 rings (SSSR count). The highest BCUT2D eigenvalue weighted by atomic mass is 16.3. The van der Waals surface area contributed by atoms with E-state index >= 15 is 0 Å². The summed E-state index contributed by atoms with van der Waals surface area (Å²) in [6.07, 6.45) is 43.4. The van der Waals surface area contributed by atoms with Gasteiger partial charge in [0.15, 0.2) is 0 Å². The van der Waals surface area contributed by atoms with Crippen molar-refractivity contribution in [3.63, 3.8) is 0 Å². The zero-order valence-electron chi connectivity index (χ0n) is 27.5. The van der Waals surface area contributed by atoms with E-state index in [1.54, 1.807) is 0 Å². The highest BCUT2D eigenvalue weighted by molar-refractivity contribution is 5.75. The van der Waals surface area contributed by atoms with E-state index in [4.69, 9.17) is 5.11 Å². The first kappa shape index (κ1) is 41.0. The zero-order chi connectivity index (χ0) is 31.5. The number of aliphatic hydroxyl groups is 3. The minimum Gasteiger partial charge on any atom is -0.395 e. The van der Waals surface area contributed by atoms with Gasteiger partial charge in [-0.2, -0.15) is 0 Å². The summed E-state index contributed by atoms with van der Waals surface area (Å²) < 4.78 is 0. The van der Waals surface area contributed by atoms with Crippen LogP contribution in [0.5, 0.6) is 0 Å². The Balaban J connectivity index is 3.47. The summed E-state index contributed by atoms with van der Waals surface area (Å²) >= 11 is 0. The zero-order valence-corrected chi connectivity index (χ0v) is 27.5. The van der Waals surface area contributed by atoms with Crippen molar-refractivity contribution < 1.29 is 20.1 Å². The third-order valence-corrected chi connectivity index (χ3v) is 7.55. The summed E-state index contributed by atoms with van der Waals surface area (Å²) in [5, 5.41) is 31.5. The van der Waals surface area contributed by atoms with Gasteiger partial charge in [-0.3, -0.25) is 4.79 Å². The van der Waals surface area contributed by atoms with Gasteiger partial charge in [0.25, 0.3) is 0 Å². The Morgan fingerprint density at radius 3 is 1.65 bits per heavy atom. The summed E-state index contributed by atoms with van der Waals surface area (Å²) in [6, 6.07) is 0. The molecule has 4 N–H and O–H groups in total. The summed E-state index contributed by atoms with van der Waals surface area (Å²) in [4.78, 5) is 11.5. The number of amides is 1. The van der Waals surface area contributed by atoms with Crippen LogP contribution in [0.1, 0.15) is 148 Å². The van der Waals surface area contributed by atoms with Crippen molar-refractivity contribution >= 4 is 5.91 Å². The van der Waals surface area contributed by atoms with E-state index < -0.39 is 6.10 Å². The Morgan fingerprint density at radius 1 is 0.558 bits per heavy atom. The molecule has 0 aromatic heterocycles. The van der Waals surface area contributed by atoms with Crippen molar-refractivity contribution in [3.8, 4) is 0 Å². The van der Waals surface area contributed by atoms with Gasteiger partial charge < -0.3 is 20.6 Å². The molecule has 248 valence electrons. The molecule has 0 bridgehead atoms. The Morgan fingerprint density at radius 2 is 1.05 bits per heavy atom. The van der Waals surface area contributed by atoms with E-state index in [1.807, 2.05) is 18.2 Å². The molecule has 0 aliphatic heterocycles. The molecule has 0 heterocycles. The number of aliphatic hydroxyl groups excluding tert-OH is 3. The van der Waals surface area contributed by atoms with Crippen molar-refractivity contribution in [1.29, 1.82) is 0 Å². The van der Waals surface area contributed by atoms with E-state index in [2.05, 4.69) is 48.4 Å². The third kappa shape index (κ3) is 34.4.